The van der Waals surface area contributed by atoms with Gasteiger partial charge in [-0.2, -0.15) is 4.98 Å². The summed E-state index contributed by atoms with van der Waals surface area (Å²) in [5.74, 6) is 2.07. The molecule has 0 amide bonds. The zero-order valence-electron chi connectivity index (χ0n) is 14.7. The standard InChI is InChI=1S/C18H22ClN5OS/c1-25-14-7-5-13(6-8-14)12-20-18(26)23-17-21-15(19)11-16(22-17)24-9-3-2-4-10-24/h5-8,11H,2-4,9-10,12H2,1H3,(H2,20,21,22,23,26). The fourth-order valence-corrected chi connectivity index (χ4v) is 3.16. The van der Waals surface area contributed by atoms with Crippen LogP contribution in [0, 0.1) is 0 Å². The molecule has 0 atom stereocenters. The Morgan fingerprint density at radius 2 is 1.92 bits per heavy atom. The van der Waals surface area contributed by atoms with E-state index in [4.69, 9.17) is 28.6 Å². The number of halogens is 1. The molecule has 1 aromatic heterocycles. The summed E-state index contributed by atoms with van der Waals surface area (Å²) in [5.41, 5.74) is 1.09. The van der Waals surface area contributed by atoms with Crippen molar-refractivity contribution in [1.29, 1.82) is 0 Å². The SMILES string of the molecule is COc1ccc(CNC(=S)Nc2nc(Cl)cc(N3CCCCC3)n2)cc1. The molecule has 1 saturated heterocycles. The number of piperidine rings is 1. The predicted octanol–water partition coefficient (Wildman–Crippen LogP) is 3.62. The predicted molar refractivity (Wildman–Crippen MR) is 109 cm³/mol. The van der Waals surface area contributed by atoms with E-state index in [-0.39, 0.29) is 0 Å². The molecule has 138 valence electrons. The first-order valence-corrected chi connectivity index (χ1v) is 9.40. The molecule has 0 radical (unpaired) electrons. The van der Waals surface area contributed by atoms with E-state index in [9.17, 15) is 0 Å². The maximum atomic E-state index is 6.16. The molecule has 0 unspecified atom stereocenters. The van der Waals surface area contributed by atoms with Gasteiger partial charge in [0.1, 0.15) is 16.7 Å². The topological polar surface area (TPSA) is 62.3 Å². The fourth-order valence-electron chi connectivity index (χ4n) is 2.82. The van der Waals surface area contributed by atoms with Gasteiger partial charge >= 0.3 is 0 Å². The summed E-state index contributed by atoms with van der Waals surface area (Å²) in [4.78, 5) is 11.0. The number of nitrogens with zero attached hydrogens (tertiary/aromatic N) is 3. The van der Waals surface area contributed by atoms with Crippen LogP contribution in [0.3, 0.4) is 0 Å². The number of hydrogen-bond donors (Lipinski definition) is 2. The van der Waals surface area contributed by atoms with Crippen molar-refractivity contribution in [3.05, 3.63) is 41.0 Å². The van der Waals surface area contributed by atoms with Gasteiger partial charge in [-0.1, -0.05) is 23.7 Å². The molecular weight excluding hydrogens is 370 g/mol. The molecule has 0 bridgehead atoms. The monoisotopic (exact) mass is 391 g/mol. The van der Waals surface area contributed by atoms with E-state index >= 15 is 0 Å². The number of thiocarbonyl (C=S) groups is 1. The van der Waals surface area contributed by atoms with Crippen LogP contribution in [0.2, 0.25) is 5.15 Å². The largest absolute Gasteiger partial charge is 0.497 e. The highest BCUT2D eigenvalue weighted by molar-refractivity contribution is 7.80. The minimum Gasteiger partial charge on any atom is -0.497 e. The van der Waals surface area contributed by atoms with Crippen LogP contribution in [-0.2, 0) is 6.54 Å². The second-order valence-electron chi connectivity index (χ2n) is 6.08. The minimum absolute atomic E-state index is 0.404. The van der Waals surface area contributed by atoms with Crippen LogP contribution in [0.1, 0.15) is 24.8 Å². The minimum atomic E-state index is 0.404. The molecule has 8 heteroatoms. The summed E-state index contributed by atoms with van der Waals surface area (Å²) in [7, 11) is 1.65. The lowest BCUT2D eigenvalue weighted by Crippen LogP contribution is -2.31. The third-order valence-corrected chi connectivity index (χ3v) is 4.64. The Labute approximate surface area is 163 Å². The van der Waals surface area contributed by atoms with Crippen molar-refractivity contribution in [2.75, 3.05) is 30.4 Å². The van der Waals surface area contributed by atoms with Gasteiger partial charge in [-0.3, -0.25) is 0 Å². The van der Waals surface area contributed by atoms with Crippen molar-refractivity contribution in [3.8, 4) is 5.75 Å². The van der Waals surface area contributed by atoms with Crippen LogP contribution in [0.5, 0.6) is 5.75 Å². The van der Waals surface area contributed by atoms with E-state index < -0.39 is 0 Å². The molecular formula is C18H22ClN5OS. The second kappa shape index (κ2) is 9.00. The number of rotatable bonds is 5. The maximum Gasteiger partial charge on any atom is 0.232 e. The number of anilines is 2. The highest BCUT2D eigenvalue weighted by Gasteiger charge is 2.14. The lowest BCUT2D eigenvalue weighted by molar-refractivity contribution is 0.414. The molecule has 1 aliphatic heterocycles. The Balaban J connectivity index is 1.58. The lowest BCUT2D eigenvalue weighted by Gasteiger charge is -2.27. The van der Waals surface area contributed by atoms with Crippen LogP contribution >= 0.6 is 23.8 Å². The number of nitrogens with one attached hydrogen (secondary N) is 2. The average molecular weight is 392 g/mol. The molecule has 26 heavy (non-hydrogen) atoms. The van der Waals surface area contributed by atoms with Crippen LogP contribution in [0.15, 0.2) is 30.3 Å². The van der Waals surface area contributed by atoms with Crippen molar-refractivity contribution in [3.63, 3.8) is 0 Å². The summed E-state index contributed by atoms with van der Waals surface area (Å²) in [5, 5.41) is 7.02. The second-order valence-corrected chi connectivity index (χ2v) is 6.87. The number of methoxy groups -OCH3 is 1. The number of ether oxygens (including phenoxy) is 1. The molecule has 6 nitrogen and oxygen atoms in total. The Morgan fingerprint density at radius 3 is 2.62 bits per heavy atom. The first kappa shape index (κ1) is 18.7. The summed E-state index contributed by atoms with van der Waals surface area (Å²) >= 11 is 11.5. The van der Waals surface area contributed by atoms with E-state index in [1.165, 1.54) is 19.3 Å². The lowest BCUT2D eigenvalue weighted by atomic mass is 10.1. The summed E-state index contributed by atoms with van der Waals surface area (Å²) in [6.45, 7) is 2.58. The van der Waals surface area contributed by atoms with Crippen LogP contribution in [0.25, 0.3) is 0 Å². The first-order chi connectivity index (χ1) is 12.6. The summed E-state index contributed by atoms with van der Waals surface area (Å²) in [6, 6.07) is 9.60. The van der Waals surface area contributed by atoms with Crippen molar-refractivity contribution < 1.29 is 4.74 Å². The molecule has 2 heterocycles. The zero-order chi connectivity index (χ0) is 18.4. The van der Waals surface area contributed by atoms with Crippen LogP contribution in [-0.4, -0.2) is 35.3 Å². The number of aromatic nitrogens is 2. The van der Waals surface area contributed by atoms with Crippen molar-refractivity contribution in [1.82, 2.24) is 15.3 Å². The Morgan fingerprint density at radius 1 is 1.19 bits per heavy atom. The summed E-state index contributed by atoms with van der Waals surface area (Å²) in [6.07, 6.45) is 3.61. The van der Waals surface area contributed by atoms with Crippen molar-refractivity contribution >= 4 is 40.7 Å². The number of benzene rings is 1. The van der Waals surface area contributed by atoms with E-state index in [0.717, 1.165) is 30.2 Å². The van der Waals surface area contributed by atoms with Gasteiger partial charge in [0, 0.05) is 25.7 Å². The van der Waals surface area contributed by atoms with Gasteiger partial charge in [-0.25, -0.2) is 4.98 Å². The highest BCUT2D eigenvalue weighted by Crippen LogP contribution is 2.21. The first-order valence-electron chi connectivity index (χ1n) is 8.61. The maximum absolute atomic E-state index is 6.16. The van der Waals surface area contributed by atoms with Crippen molar-refractivity contribution in [2.24, 2.45) is 0 Å². The third kappa shape index (κ3) is 5.19. The van der Waals surface area contributed by atoms with E-state index in [2.05, 4.69) is 25.5 Å². The van der Waals surface area contributed by atoms with Crippen LogP contribution < -0.4 is 20.3 Å². The molecule has 2 aromatic rings. The van der Waals surface area contributed by atoms with Gasteiger partial charge in [0.25, 0.3) is 0 Å². The fraction of sp³-hybridized carbons (Fsp3) is 0.389. The van der Waals surface area contributed by atoms with Gasteiger partial charge < -0.3 is 20.3 Å². The normalized spacial score (nSPS) is 14.0. The van der Waals surface area contributed by atoms with Gasteiger partial charge in [-0.15, -0.1) is 0 Å². The van der Waals surface area contributed by atoms with E-state index in [0.29, 0.717) is 22.8 Å². The molecule has 1 aliphatic rings. The molecule has 0 saturated carbocycles. The highest BCUT2D eigenvalue weighted by atomic mass is 35.5. The molecule has 3 rings (SSSR count). The molecule has 1 fully saturated rings. The molecule has 0 aliphatic carbocycles. The van der Waals surface area contributed by atoms with Crippen molar-refractivity contribution in [2.45, 2.75) is 25.8 Å². The van der Waals surface area contributed by atoms with E-state index in [1.54, 1.807) is 13.2 Å². The number of hydrogen-bond acceptors (Lipinski definition) is 5. The quantitative estimate of drug-likeness (QED) is 0.596. The summed E-state index contributed by atoms with van der Waals surface area (Å²) < 4.78 is 5.15. The molecule has 1 aromatic carbocycles. The average Bonchev–Trinajstić information content (AvgIpc) is 2.67. The third-order valence-electron chi connectivity index (χ3n) is 4.20. The van der Waals surface area contributed by atoms with E-state index in [1.807, 2.05) is 24.3 Å². The molecule has 2 N–H and O–H groups in total. The molecule has 0 spiro atoms. The van der Waals surface area contributed by atoms with Gasteiger partial charge in [0.2, 0.25) is 5.95 Å². The zero-order valence-corrected chi connectivity index (χ0v) is 16.2. The van der Waals surface area contributed by atoms with Gasteiger partial charge in [-0.05, 0) is 49.2 Å². The van der Waals surface area contributed by atoms with Crippen LogP contribution in [0.4, 0.5) is 11.8 Å². The van der Waals surface area contributed by atoms with Gasteiger partial charge in [0.05, 0.1) is 7.11 Å². The Hall–Kier alpha value is -2.12. The Kier molecular flexibility index (Phi) is 6.46. The smallest absolute Gasteiger partial charge is 0.232 e. The van der Waals surface area contributed by atoms with Gasteiger partial charge in [0.15, 0.2) is 5.11 Å². The Bertz CT molecular complexity index is 750.